The highest BCUT2D eigenvalue weighted by molar-refractivity contribution is 5.81. The van der Waals surface area contributed by atoms with Crippen LogP contribution in [-0.4, -0.2) is 73.5 Å². The second-order valence-corrected chi connectivity index (χ2v) is 9.06. The van der Waals surface area contributed by atoms with Crippen LogP contribution in [0.2, 0.25) is 0 Å². The van der Waals surface area contributed by atoms with Crippen LogP contribution in [0.1, 0.15) is 65.2 Å². The topological polar surface area (TPSA) is 60.0 Å². The van der Waals surface area contributed by atoms with Gasteiger partial charge in [0.15, 0.2) is 5.96 Å². The molecule has 1 saturated carbocycles. The lowest BCUT2D eigenvalue weighted by Gasteiger charge is -2.30. The average molecular weight is 392 g/mol. The third kappa shape index (κ3) is 6.36. The molecule has 3 aliphatic rings. The van der Waals surface area contributed by atoms with E-state index in [9.17, 15) is 4.79 Å². The molecule has 0 bridgehead atoms. The highest BCUT2D eigenvalue weighted by Crippen LogP contribution is 2.27. The van der Waals surface area contributed by atoms with Crippen molar-refractivity contribution in [1.82, 2.24) is 20.4 Å². The van der Waals surface area contributed by atoms with Gasteiger partial charge in [-0.1, -0.05) is 19.8 Å². The lowest BCUT2D eigenvalue weighted by Crippen LogP contribution is -2.45. The summed E-state index contributed by atoms with van der Waals surface area (Å²) in [5.41, 5.74) is 0. The number of piperidine rings is 1. The van der Waals surface area contributed by atoms with E-state index in [0.717, 1.165) is 70.3 Å². The summed E-state index contributed by atoms with van der Waals surface area (Å²) < 4.78 is 0. The van der Waals surface area contributed by atoms with E-state index in [-0.39, 0.29) is 5.92 Å². The predicted octanol–water partition coefficient (Wildman–Crippen LogP) is 2.45. The Morgan fingerprint density at radius 2 is 1.89 bits per heavy atom. The Balaban J connectivity index is 1.39. The third-order valence-corrected chi connectivity index (χ3v) is 6.53. The summed E-state index contributed by atoms with van der Waals surface area (Å²) in [7, 11) is 0. The average Bonchev–Trinajstić information content (AvgIpc) is 3.37. The van der Waals surface area contributed by atoms with Crippen LogP contribution in [0.3, 0.4) is 0 Å². The normalized spacial score (nSPS) is 27.4. The van der Waals surface area contributed by atoms with Gasteiger partial charge in [0, 0.05) is 44.7 Å². The summed E-state index contributed by atoms with van der Waals surface area (Å²) in [6, 6.07) is 0.325. The first kappa shape index (κ1) is 21.4. The molecule has 1 amide bonds. The minimum Gasteiger partial charge on any atom is -0.357 e. The molecule has 0 aromatic rings. The van der Waals surface area contributed by atoms with Crippen molar-refractivity contribution in [2.75, 3.05) is 45.8 Å². The van der Waals surface area contributed by atoms with Crippen LogP contribution in [0.25, 0.3) is 0 Å². The number of amides is 1. The molecular weight excluding hydrogens is 350 g/mol. The maximum Gasteiger partial charge on any atom is 0.225 e. The lowest BCUT2D eigenvalue weighted by molar-refractivity contribution is -0.134. The smallest absolute Gasteiger partial charge is 0.225 e. The quantitative estimate of drug-likeness (QED) is 0.398. The van der Waals surface area contributed by atoms with Crippen molar-refractivity contribution in [1.29, 1.82) is 0 Å². The van der Waals surface area contributed by atoms with Crippen molar-refractivity contribution in [3.8, 4) is 0 Å². The summed E-state index contributed by atoms with van der Waals surface area (Å²) in [5.74, 6) is 2.43. The largest absolute Gasteiger partial charge is 0.357 e. The van der Waals surface area contributed by atoms with Crippen molar-refractivity contribution >= 4 is 11.9 Å². The van der Waals surface area contributed by atoms with Crippen LogP contribution in [0.15, 0.2) is 4.99 Å². The van der Waals surface area contributed by atoms with Crippen molar-refractivity contribution in [2.24, 2.45) is 16.8 Å². The molecule has 28 heavy (non-hydrogen) atoms. The highest BCUT2D eigenvalue weighted by atomic mass is 16.2. The zero-order valence-electron chi connectivity index (χ0n) is 18.1. The fraction of sp³-hybridized carbons (Fsp3) is 0.909. The van der Waals surface area contributed by atoms with Gasteiger partial charge in [0.05, 0.1) is 0 Å². The molecular formula is C22H41N5O. The minimum absolute atomic E-state index is 0.290. The fourth-order valence-electron chi connectivity index (χ4n) is 5.00. The van der Waals surface area contributed by atoms with Gasteiger partial charge in [-0.3, -0.25) is 9.79 Å². The molecule has 160 valence electrons. The Morgan fingerprint density at radius 3 is 2.64 bits per heavy atom. The van der Waals surface area contributed by atoms with E-state index < -0.39 is 0 Å². The van der Waals surface area contributed by atoms with E-state index in [2.05, 4.69) is 34.3 Å². The van der Waals surface area contributed by atoms with Crippen LogP contribution < -0.4 is 10.6 Å². The van der Waals surface area contributed by atoms with E-state index in [1.807, 2.05) is 0 Å². The first-order valence-corrected chi connectivity index (χ1v) is 11.7. The molecule has 2 heterocycles. The fourth-order valence-corrected chi connectivity index (χ4v) is 5.00. The van der Waals surface area contributed by atoms with E-state index in [1.54, 1.807) is 0 Å². The van der Waals surface area contributed by atoms with Gasteiger partial charge in [-0.25, -0.2) is 0 Å². The second kappa shape index (κ2) is 11.0. The number of nitrogens with one attached hydrogen (secondary N) is 2. The number of hydrogen-bond acceptors (Lipinski definition) is 3. The summed E-state index contributed by atoms with van der Waals surface area (Å²) >= 11 is 0. The lowest BCUT2D eigenvalue weighted by atomic mass is 10.0. The minimum atomic E-state index is 0.290. The molecule has 1 aliphatic carbocycles. The van der Waals surface area contributed by atoms with Crippen molar-refractivity contribution in [3.63, 3.8) is 0 Å². The Hall–Kier alpha value is -1.30. The van der Waals surface area contributed by atoms with E-state index in [1.165, 1.54) is 38.8 Å². The first-order chi connectivity index (χ1) is 13.7. The van der Waals surface area contributed by atoms with Gasteiger partial charge >= 0.3 is 0 Å². The van der Waals surface area contributed by atoms with Gasteiger partial charge in [-0.05, 0) is 64.5 Å². The third-order valence-electron chi connectivity index (χ3n) is 6.53. The molecule has 3 fully saturated rings. The molecule has 0 radical (unpaired) electrons. The number of hydrogen-bond donors (Lipinski definition) is 2. The van der Waals surface area contributed by atoms with Crippen molar-refractivity contribution in [2.45, 2.75) is 71.3 Å². The molecule has 3 rings (SSSR count). The number of carbonyl (C=O) groups excluding carboxylic acids is 1. The Kier molecular flexibility index (Phi) is 8.44. The molecule has 0 spiro atoms. The van der Waals surface area contributed by atoms with E-state index in [0.29, 0.717) is 11.9 Å². The molecule has 0 aromatic heterocycles. The maximum absolute atomic E-state index is 12.6. The first-order valence-electron chi connectivity index (χ1n) is 11.7. The molecule has 6 nitrogen and oxygen atoms in total. The van der Waals surface area contributed by atoms with Gasteiger partial charge in [-0.15, -0.1) is 0 Å². The van der Waals surface area contributed by atoms with E-state index >= 15 is 0 Å². The number of rotatable bonds is 7. The molecule has 0 aromatic carbocycles. The maximum atomic E-state index is 12.6. The van der Waals surface area contributed by atoms with Crippen LogP contribution >= 0.6 is 0 Å². The van der Waals surface area contributed by atoms with Gasteiger partial charge < -0.3 is 20.4 Å². The van der Waals surface area contributed by atoms with Crippen molar-refractivity contribution < 1.29 is 4.79 Å². The SMILES string of the molecule is CCNC(=NCCCN1CCCC(C)C1)NC1CCN(C(=O)C2CCCC2)C1. The summed E-state index contributed by atoms with van der Waals surface area (Å²) in [4.78, 5) is 22.1. The Morgan fingerprint density at radius 1 is 1.07 bits per heavy atom. The van der Waals surface area contributed by atoms with Crippen LogP contribution in [-0.2, 0) is 4.79 Å². The van der Waals surface area contributed by atoms with E-state index in [4.69, 9.17) is 4.99 Å². The van der Waals surface area contributed by atoms with Crippen molar-refractivity contribution in [3.05, 3.63) is 0 Å². The van der Waals surface area contributed by atoms with Gasteiger partial charge in [-0.2, -0.15) is 0 Å². The van der Waals surface area contributed by atoms with Gasteiger partial charge in [0.1, 0.15) is 0 Å². The standard InChI is InChI=1S/C22H41N5O/c1-3-23-22(24-12-7-14-26-13-6-8-18(2)16-26)25-20-11-15-27(17-20)21(28)19-9-4-5-10-19/h18-20H,3-17H2,1-2H3,(H2,23,24,25). The molecule has 2 N–H and O–H groups in total. The number of nitrogens with zero attached hydrogens (tertiary/aromatic N) is 3. The van der Waals surface area contributed by atoms with Crippen LogP contribution in [0.4, 0.5) is 0 Å². The van der Waals surface area contributed by atoms with Crippen LogP contribution in [0, 0.1) is 11.8 Å². The van der Waals surface area contributed by atoms with Gasteiger partial charge in [0.2, 0.25) is 5.91 Å². The number of guanidine groups is 1. The molecule has 6 heteroatoms. The summed E-state index contributed by atoms with van der Waals surface area (Å²) in [6.07, 6.45) is 9.48. The predicted molar refractivity (Wildman–Crippen MR) is 116 cm³/mol. The molecule has 2 saturated heterocycles. The highest BCUT2D eigenvalue weighted by Gasteiger charge is 2.32. The zero-order chi connectivity index (χ0) is 19.8. The number of aliphatic imine (C=N–C) groups is 1. The number of carbonyl (C=O) groups is 1. The van der Waals surface area contributed by atoms with Gasteiger partial charge in [0.25, 0.3) is 0 Å². The molecule has 2 atom stereocenters. The second-order valence-electron chi connectivity index (χ2n) is 9.06. The summed E-state index contributed by atoms with van der Waals surface area (Å²) in [5, 5.41) is 6.95. The molecule has 2 aliphatic heterocycles. The Bertz CT molecular complexity index is 517. The zero-order valence-corrected chi connectivity index (χ0v) is 18.1. The number of likely N-dealkylation sites (tertiary alicyclic amines) is 2. The molecule has 2 unspecified atom stereocenters. The Labute approximate surface area is 171 Å². The monoisotopic (exact) mass is 391 g/mol. The summed E-state index contributed by atoms with van der Waals surface area (Å²) in [6.45, 7) is 11.6. The van der Waals surface area contributed by atoms with Crippen LogP contribution in [0.5, 0.6) is 0 Å².